The van der Waals surface area contributed by atoms with Crippen LogP contribution in [0.15, 0.2) is 0 Å². The van der Waals surface area contributed by atoms with Crippen LogP contribution in [-0.4, -0.2) is 21.7 Å². The van der Waals surface area contributed by atoms with E-state index in [0.29, 0.717) is 0 Å². The van der Waals surface area contributed by atoms with E-state index in [4.69, 9.17) is 4.55 Å². The largest absolute Gasteiger partial charge is 0.306 e. The van der Waals surface area contributed by atoms with Gasteiger partial charge in [-0.1, -0.05) is 26.6 Å². The second kappa shape index (κ2) is 2.94. The highest BCUT2D eigenvalue weighted by atomic mass is 32.2. The van der Waals surface area contributed by atoms with Crippen LogP contribution in [0, 0.1) is 0 Å². The molecule has 0 heterocycles. The quantitative estimate of drug-likeness (QED) is 0.498. The molecule has 0 aliphatic rings. The fourth-order valence-electron chi connectivity index (χ4n) is 0.302. The molecule has 0 saturated heterocycles. The van der Waals surface area contributed by atoms with Crippen LogP contribution in [0.4, 0.5) is 0 Å². The Morgan fingerprint density at radius 2 is 1.78 bits per heavy atom. The predicted molar refractivity (Wildman–Crippen MR) is 43.6 cm³/mol. The topological polar surface area (TPSA) is 37.3 Å². The highest BCUT2D eigenvalue weighted by molar-refractivity contribution is 7.82. The van der Waals surface area contributed by atoms with E-state index in [2.05, 4.69) is 19.6 Å². The zero-order chi connectivity index (χ0) is 7.65. The normalized spacial score (nSPS) is 19.2. The van der Waals surface area contributed by atoms with Crippen molar-refractivity contribution >= 4 is 19.2 Å². The minimum atomic E-state index is -1.62. The van der Waals surface area contributed by atoms with Crippen LogP contribution in [0.3, 0.4) is 0 Å². The Hall–Kier alpha value is 0.327. The molecule has 0 aromatic rings. The van der Waals surface area contributed by atoms with E-state index in [-0.39, 0.29) is 4.87 Å². The lowest BCUT2D eigenvalue weighted by Gasteiger charge is -2.20. The van der Waals surface area contributed by atoms with Crippen LogP contribution in [0.1, 0.15) is 6.92 Å². The maximum absolute atomic E-state index is 10.5. The van der Waals surface area contributed by atoms with Crippen molar-refractivity contribution in [2.24, 2.45) is 0 Å². The molecule has 0 aliphatic heterocycles. The molecule has 2 nitrogen and oxygen atoms in total. The van der Waals surface area contributed by atoms with Crippen LogP contribution in [-0.2, 0) is 11.1 Å². The van der Waals surface area contributed by atoms with Gasteiger partial charge >= 0.3 is 0 Å². The summed E-state index contributed by atoms with van der Waals surface area (Å²) >= 11 is -1.62. The first-order valence-electron chi connectivity index (χ1n) is 2.95. The fourth-order valence-corrected chi connectivity index (χ4v) is 2.72. The van der Waals surface area contributed by atoms with Gasteiger partial charge in [-0.25, -0.2) is 4.21 Å². The van der Waals surface area contributed by atoms with E-state index < -0.39 is 19.2 Å². The first kappa shape index (κ1) is 9.33. The average Bonchev–Trinajstić information content (AvgIpc) is 1.62. The van der Waals surface area contributed by atoms with E-state index in [1.54, 1.807) is 0 Å². The van der Waals surface area contributed by atoms with Gasteiger partial charge in [0.25, 0.3) is 0 Å². The summed E-state index contributed by atoms with van der Waals surface area (Å²) in [5.74, 6) is 0. The van der Waals surface area contributed by atoms with Crippen LogP contribution in [0.25, 0.3) is 0 Å². The van der Waals surface area contributed by atoms with E-state index in [0.717, 1.165) is 0 Å². The first-order chi connectivity index (χ1) is 3.85. The third kappa shape index (κ3) is 3.13. The van der Waals surface area contributed by atoms with Gasteiger partial charge in [0, 0.05) is 0 Å². The number of rotatable bonds is 2. The summed E-state index contributed by atoms with van der Waals surface area (Å²) in [6.07, 6.45) is 0. The summed E-state index contributed by atoms with van der Waals surface area (Å²) in [5.41, 5.74) is 0. The highest BCUT2D eigenvalue weighted by Crippen LogP contribution is 2.11. The molecule has 0 radical (unpaired) electrons. The Kier molecular flexibility index (Phi) is 3.05. The molecule has 0 fully saturated rings. The van der Waals surface area contributed by atoms with Gasteiger partial charge in [-0.2, -0.15) is 0 Å². The van der Waals surface area contributed by atoms with Crippen molar-refractivity contribution in [2.45, 2.75) is 31.4 Å². The molecule has 0 amide bonds. The third-order valence-corrected chi connectivity index (χ3v) is 7.29. The van der Waals surface area contributed by atoms with Crippen LogP contribution < -0.4 is 0 Å². The molecule has 56 valence electrons. The van der Waals surface area contributed by atoms with Crippen molar-refractivity contribution < 1.29 is 8.76 Å². The van der Waals surface area contributed by atoms with Crippen molar-refractivity contribution in [1.82, 2.24) is 0 Å². The molecular weight excluding hydrogens is 152 g/mol. The monoisotopic (exact) mass is 166 g/mol. The predicted octanol–water partition coefficient (Wildman–Crippen LogP) is 1.47. The maximum atomic E-state index is 10.5. The third-order valence-electron chi connectivity index (χ3n) is 1.52. The molecule has 0 aromatic carbocycles. The zero-order valence-electron chi connectivity index (χ0n) is 6.34. The lowest BCUT2D eigenvalue weighted by atomic mass is 11.0. The maximum Gasteiger partial charge on any atom is 0.152 e. The molecule has 0 saturated carbocycles. The lowest BCUT2D eigenvalue weighted by Crippen LogP contribution is -2.38. The van der Waals surface area contributed by atoms with Crippen LogP contribution >= 0.6 is 0 Å². The van der Waals surface area contributed by atoms with Gasteiger partial charge in [0.2, 0.25) is 0 Å². The molecular formula is C5H14O2SSi. The summed E-state index contributed by atoms with van der Waals surface area (Å²) in [6.45, 7) is 8.10. The lowest BCUT2D eigenvalue weighted by molar-refractivity contribution is 0.561. The molecule has 9 heavy (non-hydrogen) atoms. The van der Waals surface area contributed by atoms with Crippen molar-refractivity contribution in [3.63, 3.8) is 0 Å². The van der Waals surface area contributed by atoms with Gasteiger partial charge < -0.3 is 4.55 Å². The van der Waals surface area contributed by atoms with Crippen molar-refractivity contribution in [3.8, 4) is 0 Å². The highest BCUT2D eigenvalue weighted by Gasteiger charge is 2.26. The Labute approximate surface area is 60.0 Å². The first-order valence-corrected chi connectivity index (χ1v) is 7.70. The molecule has 2 unspecified atom stereocenters. The Balaban J connectivity index is 4.04. The van der Waals surface area contributed by atoms with E-state index in [9.17, 15) is 4.21 Å². The van der Waals surface area contributed by atoms with Gasteiger partial charge in [-0.3, -0.25) is 0 Å². The fraction of sp³-hybridized carbons (Fsp3) is 1.00. The van der Waals surface area contributed by atoms with Crippen molar-refractivity contribution in [1.29, 1.82) is 0 Å². The van der Waals surface area contributed by atoms with E-state index in [1.165, 1.54) is 0 Å². The van der Waals surface area contributed by atoms with Gasteiger partial charge in [-0.15, -0.1) is 0 Å². The van der Waals surface area contributed by atoms with Crippen molar-refractivity contribution in [2.75, 3.05) is 0 Å². The second-order valence-corrected chi connectivity index (χ2v) is 10.6. The smallest absolute Gasteiger partial charge is 0.152 e. The van der Waals surface area contributed by atoms with Crippen LogP contribution in [0.2, 0.25) is 19.6 Å². The van der Waals surface area contributed by atoms with E-state index >= 15 is 0 Å². The zero-order valence-corrected chi connectivity index (χ0v) is 8.16. The Bertz CT molecular complexity index is 119. The Morgan fingerprint density at radius 1 is 1.44 bits per heavy atom. The molecule has 0 spiro atoms. The SMILES string of the molecule is CC(S(=O)O)[Si](C)(C)C. The summed E-state index contributed by atoms with van der Waals surface area (Å²) < 4.78 is 19.2. The molecule has 0 aliphatic carbocycles. The van der Waals surface area contributed by atoms with Gasteiger partial charge in [0.15, 0.2) is 11.1 Å². The molecule has 0 aromatic heterocycles. The van der Waals surface area contributed by atoms with E-state index in [1.807, 2.05) is 6.92 Å². The van der Waals surface area contributed by atoms with Crippen molar-refractivity contribution in [3.05, 3.63) is 0 Å². The molecule has 4 heteroatoms. The Morgan fingerprint density at radius 3 is 1.78 bits per heavy atom. The molecule has 1 N–H and O–H groups in total. The second-order valence-electron chi connectivity index (χ2n) is 3.28. The van der Waals surface area contributed by atoms with Crippen LogP contribution in [0.5, 0.6) is 0 Å². The van der Waals surface area contributed by atoms with Gasteiger partial charge in [0.1, 0.15) is 0 Å². The van der Waals surface area contributed by atoms with Gasteiger partial charge in [0.05, 0.1) is 12.9 Å². The van der Waals surface area contributed by atoms with Gasteiger partial charge in [-0.05, 0) is 0 Å². The number of hydrogen-bond donors (Lipinski definition) is 1. The molecule has 2 atom stereocenters. The average molecular weight is 166 g/mol. The number of hydrogen-bond acceptors (Lipinski definition) is 1. The summed E-state index contributed by atoms with van der Waals surface area (Å²) in [7, 11) is -1.37. The molecule has 0 bridgehead atoms. The molecule has 0 rings (SSSR count). The summed E-state index contributed by atoms with van der Waals surface area (Å²) in [6, 6.07) is 0. The summed E-state index contributed by atoms with van der Waals surface area (Å²) in [4.78, 5) is -0.0162. The minimum absolute atomic E-state index is 0.0162. The summed E-state index contributed by atoms with van der Waals surface area (Å²) in [5, 5.41) is 0. The minimum Gasteiger partial charge on any atom is -0.306 e. The standard InChI is InChI=1S/C5H14O2SSi/c1-5(8(6)7)9(2,3)4/h5H,1-4H3,(H,6,7).